The molecule has 0 spiro atoms. The number of halogens is 2. The van der Waals surface area contributed by atoms with Gasteiger partial charge in [0.25, 0.3) is 5.91 Å². The van der Waals surface area contributed by atoms with Gasteiger partial charge in [0, 0.05) is 16.6 Å². The molecule has 2 rings (SSSR count). The van der Waals surface area contributed by atoms with Crippen molar-refractivity contribution in [2.24, 2.45) is 0 Å². The average Bonchev–Trinajstić information content (AvgIpc) is 2.76. The van der Waals surface area contributed by atoms with Crippen LogP contribution in [0.2, 0.25) is 0 Å². The smallest absolute Gasteiger partial charge is 0.253 e. The summed E-state index contributed by atoms with van der Waals surface area (Å²) in [6.45, 7) is 2.09. The minimum absolute atomic E-state index is 0.0823. The van der Waals surface area contributed by atoms with Crippen molar-refractivity contribution < 1.29 is 13.6 Å². The zero-order valence-corrected chi connectivity index (χ0v) is 10.9. The molecule has 0 saturated heterocycles. The molecule has 1 aromatic heterocycles. The van der Waals surface area contributed by atoms with Gasteiger partial charge in [-0.25, -0.2) is 13.8 Å². The average molecular weight is 283 g/mol. The molecule has 2 aromatic rings. The zero-order chi connectivity index (χ0) is 14.0. The van der Waals surface area contributed by atoms with E-state index in [-0.39, 0.29) is 17.8 Å². The van der Waals surface area contributed by atoms with Crippen LogP contribution >= 0.6 is 11.3 Å². The summed E-state index contributed by atoms with van der Waals surface area (Å²) in [6.07, 6.45) is 0. The number of aromatic nitrogens is 1. The highest BCUT2D eigenvalue weighted by atomic mass is 32.1. The summed E-state index contributed by atoms with van der Waals surface area (Å²) < 4.78 is 26.0. The molecule has 19 heavy (non-hydrogen) atoms. The van der Waals surface area contributed by atoms with Gasteiger partial charge in [0.2, 0.25) is 0 Å². The Morgan fingerprint density at radius 2 is 2.11 bits per heavy atom. The first-order valence-electron chi connectivity index (χ1n) is 5.40. The first-order chi connectivity index (χ1) is 8.99. The van der Waals surface area contributed by atoms with E-state index in [2.05, 4.69) is 10.3 Å². The summed E-state index contributed by atoms with van der Waals surface area (Å²) in [7, 11) is 0. The molecule has 0 aliphatic rings. The molecule has 0 fully saturated rings. The molecule has 1 aromatic carbocycles. The Hall–Kier alpha value is -2.02. The fourth-order valence-electron chi connectivity index (χ4n) is 1.51. The van der Waals surface area contributed by atoms with Crippen molar-refractivity contribution in [2.45, 2.75) is 13.5 Å². The highest BCUT2D eigenvalue weighted by Gasteiger charge is 2.14. The molecule has 0 aliphatic carbocycles. The minimum Gasteiger partial charge on any atom is -0.398 e. The van der Waals surface area contributed by atoms with E-state index in [0.717, 1.165) is 22.7 Å². The van der Waals surface area contributed by atoms with Gasteiger partial charge in [-0.05, 0) is 13.0 Å². The Morgan fingerprint density at radius 3 is 2.74 bits per heavy atom. The van der Waals surface area contributed by atoms with Crippen molar-refractivity contribution >= 4 is 22.9 Å². The summed E-state index contributed by atoms with van der Waals surface area (Å²) in [6, 6.07) is 1.59. The van der Waals surface area contributed by atoms with Crippen LogP contribution in [0.15, 0.2) is 17.6 Å². The molecule has 0 saturated carbocycles. The fraction of sp³-hybridized carbons (Fsp3) is 0.167. The van der Waals surface area contributed by atoms with E-state index < -0.39 is 17.5 Å². The van der Waals surface area contributed by atoms with Gasteiger partial charge < -0.3 is 11.1 Å². The molecule has 3 N–H and O–H groups in total. The van der Waals surface area contributed by atoms with Crippen LogP contribution in [0.4, 0.5) is 14.5 Å². The third kappa shape index (κ3) is 2.87. The maximum absolute atomic E-state index is 13.1. The molecule has 1 amide bonds. The Kier molecular flexibility index (Phi) is 3.75. The van der Waals surface area contributed by atoms with Crippen LogP contribution in [-0.4, -0.2) is 10.9 Å². The number of carbonyl (C=O) groups is 1. The van der Waals surface area contributed by atoms with E-state index in [1.165, 1.54) is 11.3 Å². The van der Waals surface area contributed by atoms with E-state index >= 15 is 0 Å². The second kappa shape index (κ2) is 5.31. The van der Waals surface area contributed by atoms with Crippen molar-refractivity contribution in [1.82, 2.24) is 10.3 Å². The Bertz CT molecular complexity index is 627. The quantitative estimate of drug-likeness (QED) is 0.849. The number of nitrogens with two attached hydrogens (primary N) is 1. The molecular formula is C12H11F2N3OS. The van der Waals surface area contributed by atoms with Crippen molar-refractivity contribution in [3.8, 4) is 0 Å². The number of thiazole rings is 1. The fourth-order valence-corrected chi connectivity index (χ4v) is 2.23. The van der Waals surface area contributed by atoms with Gasteiger partial charge in [-0.2, -0.15) is 0 Å². The van der Waals surface area contributed by atoms with Crippen LogP contribution in [0.25, 0.3) is 0 Å². The number of hydrogen-bond acceptors (Lipinski definition) is 4. The summed E-state index contributed by atoms with van der Waals surface area (Å²) in [5.41, 5.74) is 7.80. The third-order valence-corrected chi connectivity index (χ3v) is 3.53. The van der Waals surface area contributed by atoms with Crippen LogP contribution in [-0.2, 0) is 6.54 Å². The lowest BCUT2D eigenvalue weighted by Crippen LogP contribution is -2.24. The number of nitrogen functional groups attached to an aromatic ring is 1. The largest absolute Gasteiger partial charge is 0.398 e. The number of amides is 1. The van der Waals surface area contributed by atoms with E-state index in [4.69, 9.17) is 5.73 Å². The number of rotatable bonds is 3. The Labute approximate surface area is 112 Å². The second-order valence-corrected chi connectivity index (χ2v) is 4.84. The third-order valence-electron chi connectivity index (χ3n) is 2.59. The number of benzene rings is 1. The molecule has 4 nitrogen and oxygen atoms in total. The van der Waals surface area contributed by atoms with Gasteiger partial charge in [0.15, 0.2) is 11.6 Å². The molecule has 0 radical (unpaired) electrons. The number of aryl methyl sites for hydroxylation is 1. The normalized spacial score (nSPS) is 10.5. The van der Waals surface area contributed by atoms with Crippen LogP contribution in [0.5, 0.6) is 0 Å². The van der Waals surface area contributed by atoms with Crippen LogP contribution < -0.4 is 11.1 Å². The van der Waals surface area contributed by atoms with Crippen LogP contribution in [0, 0.1) is 18.6 Å². The molecule has 100 valence electrons. The van der Waals surface area contributed by atoms with Gasteiger partial charge >= 0.3 is 0 Å². The van der Waals surface area contributed by atoms with Gasteiger partial charge in [0.1, 0.15) is 0 Å². The molecular weight excluding hydrogens is 272 g/mol. The van der Waals surface area contributed by atoms with Crippen molar-refractivity contribution in [3.05, 3.63) is 45.4 Å². The lowest BCUT2D eigenvalue weighted by molar-refractivity contribution is 0.0951. The maximum Gasteiger partial charge on any atom is 0.253 e. The zero-order valence-electron chi connectivity index (χ0n) is 10.0. The number of nitrogens with zero attached hydrogens (tertiary/aromatic N) is 1. The van der Waals surface area contributed by atoms with E-state index in [1.807, 2.05) is 6.92 Å². The van der Waals surface area contributed by atoms with E-state index in [1.54, 1.807) is 5.51 Å². The first-order valence-corrected chi connectivity index (χ1v) is 6.28. The van der Waals surface area contributed by atoms with E-state index in [0.29, 0.717) is 0 Å². The van der Waals surface area contributed by atoms with Gasteiger partial charge in [-0.1, -0.05) is 0 Å². The predicted octanol–water partition coefficient (Wildman–Crippen LogP) is 2.24. The second-order valence-electron chi connectivity index (χ2n) is 3.90. The van der Waals surface area contributed by atoms with Gasteiger partial charge in [-0.15, -0.1) is 11.3 Å². The standard InChI is InChI=1S/C12H11F2N3OS/c1-6-11(19-5-17-6)4-16-12(18)7-2-8(13)9(14)3-10(7)15/h2-3,5H,4,15H2,1H3,(H,16,18). The molecule has 1 heterocycles. The minimum atomic E-state index is -1.10. The first kappa shape index (κ1) is 13.4. The monoisotopic (exact) mass is 283 g/mol. The topological polar surface area (TPSA) is 68.0 Å². The summed E-state index contributed by atoms with van der Waals surface area (Å²) in [5.74, 6) is -2.73. The summed E-state index contributed by atoms with van der Waals surface area (Å²) >= 11 is 1.41. The van der Waals surface area contributed by atoms with Crippen molar-refractivity contribution in [1.29, 1.82) is 0 Å². The van der Waals surface area contributed by atoms with Crippen molar-refractivity contribution in [2.75, 3.05) is 5.73 Å². The lowest BCUT2D eigenvalue weighted by Gasteiger charge is -2.07. The Balaban J connectivity index is 2.12. The van der Waals surface area contributed by atoms with Crippen LogP contribution in [0.1, 0.15) is 20.9 Å². The summed E-state index contributed by atoms with van der Waals surface area (Å²) in [4.78, 5) is 16.8. The predicted molar refractivity (Wildman–Crippen MR) is 68.8 cm³/mol. The maximum atomic E-state index is 13.1. The highest BCUT2D eigenvalue weighted by Crippen LogP contribution is 2.17. The Morgan fingerprint density at radius 1 is 1.42 bits per heavy atom. The summed E-state index contributed by atoms with van der Waals surface area (Å²) in [5, 5.41) is 2.59. The van der Waals surface area contributed by atoms with Crippen molar-refractivity contribution in [3.63, 3.8) is 0 Å². The van der Waals surface area contributed by atoms with Gasteiger partial charge in [0.05, 0.1) is 23.3 Å². The van der Waals surface area contributed by atoms with E-state index in [9.17, 15) is 13.6 Å². The molecule has 0 atom stereocenters. The SMILES string of the molecule is Cc1ncsc1CNC(=O)c1cc(F)c(F)cc1N. The molecule has 7 heteroatoms. The number of carbonyl (C=O) groups excluding carboxylic acids is 1. The molecule has 0 unspecified atom stereocenters. The van der Waals surface area contributed by atoms with Crippen LogP contribution in [0.3, 0.4) is 0 Å². The molecule has 0 bridgehead atoms. The number of nitrogens with one attached hydrogen (secondary N) is 1. The van der Waals surface area contributed by atoms with Gasteiger partial charge in [-0.3, -0.25) is 4.79 Å². The highest BCUT2D eigenvalue weighted by molar-refractivity contribution is 7.09. The molecule has 0 aliphatic heterocycles. The number of anilines is 1. The lowest BCUT2D eigenvalue weighted by atomic mass is 10.1. The number of hydrogen-bond donors (Lipinski definition) is 2.